The molecule has 0 spiro atoms. The fourth-order valence-electron chi connectivity index (χ4n) is 5.67. The molecule has 1 aromatic carbocycles. The normalized spacial score (nSPS) is 27.6. The Bertz CT molecular complexity index is 878. The molecule has 0 amide bonds. The Kier molecular flexibility index (Phi) is 7.82. The van der Waals surface area contributed by atoms with Crippen LogP contribution in [0, 0.1) is 17.8 Å². The number of benzene rings is 1. The van der Waals surface area contributed by atoms with Crippen molar-refractivity contribution in [2.45, 2.75) is 63.5 Å². The standard InChI is InChI=1S/C25H32N2O3S2/c28-19(9-3-1-2-6-15-12-16-7-4-5-8-17(16)13-15)21-20(31)14-27-23(21)24(29)18-10-11-26-22(18)25(30)32/h4-5,7-8,15,18,21-23,26-27H,1-3,6,9-14H2,(H,30,32)/t18?,21?,22-,23-/m0/s1. The van der Waals surface area contributed by atoms with E-state index >= 15 is 0 Å². The molecule has 7 heteroatoms. The number of nitrogens with one attached hydrogen (secondary N) is 2. The van der Waals surface area contributed by atoms with Crippen LogP contribution in [0.15, 0.2) is 24.3 Å². The minimum atomic E-state index is -0.589. The summed E-state index contributed by atoms with van der Waals surface area (Å²) in [5, 5.41) is 15.8. The van der Waals surface area contributed by atoms with Crippen LogP contribution in [-0.2, 0) is 22.4 Å². The zero-order valence-electron chi connectivity index (χ0n) is 18.3. The molecule has 3 aliphatic rings. The molecule has 32 heavy (non-hydrogen) atoms. The van der Waals surface area contributed by atoms with E-state index in [9.17, 15) is 14.7 Å². The summed E-state index contributed by atoms with van der Waals surface area (Å²) in [4.78, 5) is 26.8. The van der Waals surface area contributed by atoms with Gasteiger partial charge in [-0.1, -0.05) is 49.3 Å². The van der Waals surface area contributed by atoms with Gasteiger partial charge in [0.25, 0.3) is 0 Å². The quantitative estimate of drug-likeness (QED) is 0.356. The van der Waals surface area contributed by atoms with Crippen molar-refractivity contribution in [3.8, 4) is 0 Å². The zero-order valence-corrected chi connectivity index (χ0v) is 20.0. The molecule has 2 saturated heterocycles. The Morgan fingerprint density at radius 3 is 2.44 bits per heavy atom. The smallest absolute Gasteiger partial charge is 0.174 e. The summed E-state index contributed by atoms with van der Waals surface area (Å²) in [6.45, 7) is 1.04. The third-order valence-electron chi connectivity index (χ3n) is 7.35. The van der Waals surface area contributed by atoms with Gasteiger partial charge in [0.15, 0.2) is 10.8 Å². The second kappa shape index (κ2) is 10.6. The summed E-state index contributed by atoms with van der Waals surface area (Å²) in [5.74, 6) is -0.203. The maximum absolute atomic E-state index is 13.2. The van der Waals surface area contributed by atoms with Gasteiger partial charge in [0.05, 0.1) is 18.0 Å². The molecule has 172 valence electrons. The number of rotatable bonds is 10. The molecule has 4 rings (SSSR count). The number of carbonyl (C=O) groups is 2. The molecule has 3 N–H and O–H groups in total. The molecular formula is C25H32N2O3S2. The van der Waals surface area contributed by atoms with Gasteiger partial charge in [0, 0.05) is 23.7 Å². The van der Waals surface area contributed by atoms with Crippen LogP contribution in [-0.4, -0.2) is 51.8 Å². The van der Waals surface area contributed by atoms with E-state index in [1.54, 1.807) is 0 Å². The molecule has 4 atom stereocenters. The van der Waals surface area contributed by atoms with Gasteiger partial charge >= 0.3 is 0 Å². The molecule has 1 aromatic rings. The highest BCUT2D eigenvalue weighted by Gasteiger charge is 2.46. The van der Waals surface area contributed by atoms with E-state index in [2.05, 4.69) is 34.9 Å². The lowest BCUT2D eigenvalue weighted by Gasteiger charge is -2.23. The van der Waals surface area contributed by atoms with Crippen LogP contribution < -0.4 is 10.6 Å². The number of fused-ring (bicyclic) bond motifs is 1. The molecule has 0 aromatic heterocycles. The highest BCUT2D eigenvalue weighted by molar-refractivity contribution is 7.80. The van der Waals surface area contributed by atoms with Crippen LogP contribution in [0.3, 0.4) is 0 Å². The number of carbonyl (C=O) groups excluding carboxylic acids is 2. The first-order valence-electron chi connectivity index (χ1n) is 11.8. The number of Topliss-reactive ketones (excluding diaryl/α,β-unsaturated/α-hetero) is 2. The van der Waals surface area contributed by atoms with E-state index in [1.807, 2.05) is 0 Å². The molecule has 2 heterocycles. The third-order valence-corrected chi connectivity index (χ3v) is 8.01. The number of thiocarbonyl (C=S) groups is 2. The fourth-order valence-corrected chi connectivity index (χ4v) is 6.27. The molecule has 5 nitrogen and oxygen atoms in total. The summed E-state index contributed by atoms with van der Waals surface area (Å²) in [7, 11) is 0. The van der Waals surface area contributed by atoms with Gasteiger partial charge in [-0.25, -0.2) is 0 Å². The van der Waals surface area contributed by atoms with E-state index in [0.29, 0.717) is 30.8 Å². The van der Waals surface area contributed by atoms with Gasteiger partial charge in [0.1, 0.15) is 5.78 Å². The lowest BCUT2D eigenvalue weighted by molar-refractivity contribution is -0.129. The maximum Gasteiger partial charge on any atom is 0.174 e. The Morgan fingerprint density at radius 2 is 1.75 bits per heavy atom. The Balaban J connectivity index is 1.23. The lowest BCUT2D eigenvalue weighted by Crippen LogP contribution is -2.47. The van der Waals surface area contributed by atoms with Crippen molar-refractivity contribution < 1.29 is 14.7 Å². The van der Waals surface area contributed by atoms with Crippen molar-refractivity contribution in [1.29, 1.82) is 0 Å². The molecule has 2 aliphatic heterocycles. The monoisotopic (exact) mass is 472 g/mol. The number of hydrogen-bond acceptors (Lipinski definition) is 6. The molecule has 2 unspecified atom stereocenters. The summed E-state index contributed by atoms with van der Waals surface area (Å²) < 4.78 is 0. The van der Waals surface area contributed by atoms with Crippen molar-refractivity contribution in [2.75, 3.05) is 13.1 Å². The predicted molar refractivity (Wildman–Crippen MR) is 133 cm³/mol. The molecule has 2 fully saturated rings. The van der Waals surface area contributed by atoms with Gasteiger partial charge in [-0.3, -0.25) is 9.59 Å². The van der Waals surface area contributed by atoms with Crippen molar-refractivity contribution in [1.82, 2.24) is 10.6 Å². The van der Waals surface area contributed by atoms with Crippen LogP contribution >= 0.6 is 24.4 Å². The minimum absolute atomic E-state index is 0.0598. The van der Waals surface area contributed by atoms with Gasteiger partial charge in [-0.05, 0) is 67.9 Å². The Labute approximate surface area is 200 Å². The van der Waals surface area contributed by atoms with Crippen LogP contribution in [0.2, 0.25) is 0 Å². The molecule has 0 bridgehead atoms. The topological polar surface area (TPSA) is 78.4 Å². The zero-order chi connectivity index (χ0) is 22.7. The SMILES string of the molecule is O=C(CCCCCC1Cc2ccccc2C1)C1C(=S)CN[C@@H]1C(=O)C1CCN[C@@H]1C(O)=S. The first-order valence-corrected chi connectivity index (χ1v) is 12.6. The maximum atomic E-state index is 13.2. The summed E-state index contributed by atoms with van der Waals surface area (Å²) in [6.07, 6.45) is 7.62. The summed E-state index contributed by atoms with van der Waals surface area (Å²) in [6, 6.07) is 7.62. The highest BCUT2D eigenvalue weighted by Crippen LogP contribution is 2.30. The number of unbranched alkanes of at least 4 members (excludes halogenated alkanes) is 2. The number of aliphatic hydroxyl groups excluding tert-OH is 1. The summed E-state index contributed by atoms with van der Waals surface area (Å²) >= 11 is 10.4. The minimum Gasteiger partial charge on any atom is -0.501 e. The molecule has 0 radical (unpaired) electrons. The van der Waals surface area contributed by atoms with E-state index in [-0.39, 0.29) is 16.6 Å². The van der Waals surface area contributed by atoms with Crippen LogP contribution in [0.5, 0.6) is 0 Å². The average molecular weight is 473 g/mol. The van der Waals surface area contributed by atoms with Crippen molar-refractivity contribution in [2.24, 2.45) is 17.8 Å². The Morgan fingerprint density at radius 1 is 1.03 bits per heavy atom. The largest absolute Gasteiger partial charge is 0.501 e. The second-order valence-electron chi connectivity index (χ2n) is 9.48. The van der Waals surface area contributed by atoms with Crippen molar-refractivity contribution in [3.05, 3.63) is 35.4 Å². The first-order chi connectivity index (χ1) is 15.5. The second-order valence-corrected chi connectivity index (χ2v) is 10.4. The molecule has 1 aliphatic carbocycles. The first kappa shape index (κ1) is 23.6. The summed E-state index contributed by atoms with van der Waals surface area (Å²) in [5.41, 5.74) is 2.99. The van der Waals surface area contributed by atoms with Gasteiger partial charge in [0.2, 0.25) is 0 Å². The van der Waals surface area contributed by atoms with Crippen molar-refractivity contribution >= 4 is 45.9 Å². The fraction of sp³-hybridized carbons (Fsp3) is 0.600. The van der Waals surface area contributed by atoms with E-state index in [1.165, 1.54) is 30.4 Å². The third kappa shape index (κ3) is 5.16. The van der Waals surface area contributed by atoms with Gasteiger partial charge in [-0.15, -0.1) is 0 Å². The van der Waals surface area contributed by atoms with Crippen LogP contribution in [0.1, 0.15) is 49.7 Å². The van der Waals surface area contributed by atoms with Crippen molar-refractivity contribution in [3.63, 3.8) is 0 Å². The van der Waals surface area contributed by atoms with Crippen LogP contribution in [0.25, 0.3) is 0 Å². The lowest BCUT2D eigenvalue weighted by atomic mass is 9.83. The Hall–Kier alpha value is -1.54. The number of hydrogen-bond donors (Lipinski definition) is 3. The molecule has 0 saturated carbocycles. The number of ketones is 2. The highest BCUT2D eigenvalue weighted by atomic mass is 32.1. The number of aliphatic hydroxyl groups is 1. The van der Waals surface area contributed by atoms with E-state index in [0.717, 1.165) is 25.2 Å². The predicted octanol–water partition coefficient (Wildman–Crippen LogP) is 3.31. The average Bonchev–Trinajstić information content (AvgIpc) is 3.50. The van der Waals surface area contributed by atoms with E-state index < -0.39 is 23.9 Å². The van der Waals surface area contributed by atoms with Gasteiger partial charge in [-0.2, -0.15) is 0 Å². The van der Waals surface area contributed by atoms with Crippen LogP contribution in [0.4, 0.5) is 0 Å². The molecular weight excluding hydrogens is 440 g/mol. The van der Waals surface area contributed by atoms with Gasteiger partial charge < -0.3 is 15.7 Å². The van der Waals surface area contributed by atoms with E-state index in [4.69, 9.17) is 24.4 Å².